The van der Waals surface area contributed by atoms with Crippen molar-refractivity contribution in [1.29, 1.82) is 0 Å². The predicted molar refractivity (Wildman–Crippen MR) is 77.3 cm³/mol. The Balaban J connectivity index is 2.45. The number of aromatic nitrogens is 2. The fraction of sp³-hybridized carbons (Fsp3) is 0.692. The highest BCUT2D eigenvalue weighted by Gasteiger charge is 2.03. The summed E-state index contributed by atoms with van der Waals surface area (Å²) in [5.41, 5.74) is 0. The van der Waals surface area contributed by atoms with Crippen LogP contribution >= 0.6 is 11.6 Å². The molecule has 1 aromatic rings. The molecule has 0 unspecified atom stereocenters. The van der Waals surface area contributed by atoms with Gasteiger partial charge in [0.15, 0.2) is 0 Å². The molecule has 0 saturated heterocycles. The Labute approximate surface area is 115 Å². The van der Waals surface area contributed by atoms with Crippen molar-refractivity contribution in [2.45, 2.75) is 33.6 Å². The normalized spacial score (nSPS) is 10.9. The standard InChI is InChI=1S/C13H23ClN4/c1-4-8-18(6-3)9-7-15-13-10-11(14)16-12(5-2)17-13/h10H,4-9H2,1-3H3,(H,15,16,17). The van der Waals surface area contributed by atoms with Gasteiger partial charge in [-0.15, -0.1) is 0 Å². The first-order valence-corrected chi connectivity index (χ1v) is 7.07. The first kappa shape index (κ1) is 15.2. The molecule has 0 radical (unpaired) electrons. The lowest BCUT2D eigenvalue weighted by Crippen LogP contribution is -2.29. The van der Waals surface area contributed by atoms with Crippen LogP contribution in [0.5, 0.6) is 0 Å². The van der Waals surface area contributed by atoms with Crippen molar-refractivity contribution in [3.63, 3.8) is 0 Å². The van der Waals surface area contributed by atoms with Crippen LogP contribution in [0.4, 0.5) is 5.82 Å². The van der Waals surface area contributed by atoms with Gasteiger partial charge in [0.05, 0.1) is 0 Å². The highest BCUT2D eigenvalue weighted by molar-refractivity contribution is 6.29. The van der Waals surface area contributed by atoms with E-state index in [9.17, 15) is 0 Å². The van der Waals surface area contributed by atoms with Crippen molar-refractivity contribution in [1.82, 2.24) is 14.9 Å². The van der Waals surface area contributed by atoms with Gasteiger partial charge in [0.1, 0.15) is 16.8 Å². The van der Waals surface area contributed by atoms with Crippen molar-refractivity contribution in [3.8, 4) is 0 Å². The maximum Gasteiger partial charge on any atom is 0.134 e. The van der Waals surface area contributed by atoms with Crippen LogP contribution in [-0.2, 0) is 6.42 Å². The second-order valence-corrected chi connectivity index (χ2v) is 4.59. The van der Waals surface area contributed by atoms with Gasteiger partial charge in [-0.1, -0.05) is 32.4 Å². The summed E-state index contributed by atoms with van der Waals surface area (Å²) in [6.45, 7) is 10.5. The van der Waals surface area contributed by atoms with E-state index in [-0.39, 0.29) is 0 Å². The van der Waals surface area contributed by atoms with Crippen LogP contribution in [0.1, 0.15) is 33.0 Å². The van der Waals surface area contributed by atoms with Crippen LogP contribution < -0.4 is 5.32 Å². The van der Waals surface area contributed by atoms with Gasteiger partial charge in [-0.05, 0) is 19.5 Å². The quantitative estimate of drug-likeness (QED) is 0.738. The summed E-state index contributed by atoms with van der Waals surface area (Å²) in [6, 6.07) is 1.77. The Kier molecular flexibility index (Phi) is 6.98. The molecule has 0 atom stereocenters. The summed E-state index contributed by atoms with van der Waals surface area (Å²) in [6.07, 6.45) is 1.99. The van der Waals surface area contributed by atoms with Crippen LogP contribution in [0.15, 0.2) is 6.07 Å². The molecule has 4 nitrogen and oxygen atoms in total. The number of rotatable bonds is 8. The Morgan fingerprint density at radius 1 is 1.22 bits per heavy atom. The third-order valence-corrected chi connectivity index (χ3v) is 2.97. The van der Waals surface area contributed by atoms with E-state index in [1.165, 1.54) is 6.42 Å². The van der Waals surface area contributed by atoms with Crippen LogP contribution in [0.3, 0.4) is 0 Å². The van der Waals surface area contributed by atoms with E-state index in [1.807, 2.05) is 6.92 Å². The predicted octanol–water partition coefficient (Wildman–Crippen LogP) is 2.84. The van der Waals surface area contributed by atoms with Gasteiger partial charge in [-0.25, -0.2) is 9.97 Å². The van der Waals surface area contributed by atoms with E-state index >= 15 is 0 Å². The number of aryl methyl sites for hydroxylation is 1. The average molecular weight is 271 g/mol. The summed E-state index contributed by atoms with van der Waals surface area (Å²) in [7, 11) is 0. The Morgan fingerprint density at radius 2 is 2.00 bits per heavy atom. The molecule has 1 rings (SSSR count). The topological polar surface area (TPSA) is 41.0 Å². The summed E-state index contributed by atoms with van der Waals surface area (Å²) < 4.78 is 0. The van der Waals surface area contributed by atoms with E-state index in [1.54, 1.807) is 6.07 Å². The first-order chi connectivity index (χ1) is 8.69. The molecule has 1 heterocycles. The van der Waals surface area contributed by atoms with Gasteiger partial charge in [0, 0.05) is 25.6 Å². The van der Waals surface area contributed by atoms with Gasteiger partial charge in [-0.3, -0.25) is 0 Å². The molecule has 0 fully saturated rings. The second kappa shape index (κ2) is 8.27. The summed E-state index contributed by atoms with van der Waals surface area (Å²) in [4.78, 5) is 11.0. The third kappa shape index (κ3) is 5.19. The minimum Gasteiger partial charge on any atom is -0.369 e. The molecule has 1 N–H and O–H groups in total. The van der Waals surface area contributed by atoms with E-state index in [4.69, 9.17) is 11.6 Å². The maximum absolute atomic E-state index is 5.95. The molecule has 0 aromatic carbocycles. The molecular weight excluding hydrogens is 248 g/mol. The fourth-order valence-electron chi connectivity index (χ4n) is 1.80. The van der Waals surface area contributed by atoms with E-state index < -0.39 is 0 Å². The lowest BCUT2D eigenvalue weighted by molar-refractivity contribution is 0.300. The number of nitrogens with zero attached hydrogens (tertiary/aromatic N) is 3. The van der Waals surface area contributed by atoms with E-state index in [2.05, 4.69) is 34.0 Å². The van der Waals surface area contributed by atoms with Crippen molar-refractivity contribution >= 4 is 17.4 Å². The molecule has 102 valence electrons. The van der Waals surface area contributed by atoms with Gasteiger partial charge in [-0.2, -0.15) is 0 Å². The fourth-order valence-corrected chi connectivity index (χ4v) is 2.00. The number of nitrogens with one attached hydrogen (secondary N) is 1. The third-order valence-electron chi connectivity index (χ3n) is 2.78. The smallest absolute Gasteiger partial charge is 0.134 e. The van der Waals surface area contributed by atoms with E-state index in [0.717, 1.165) is 44.2 Å². The lowest BCUT2D eigenvalue weighted by Gasteiger charge is -2.19. The average Bonchev–Trinajstić information content (AvgIpc) is 2.37. The van der Waals surface area contributed by atoms with Crippen LogP contribution in [0.2, 0.25) is 5.15 Å². The summed E-state index contributed by atoms with van der Waals surface area (Å²) >= 11 is 5.95. The van der Waals surface area contributed by atoms with Crippen LogP contribution in [-0.4, -0.2) is 41.0 Å². The van der Waals surface area contributed by atoms with Gasteiger partial charge in [0.25, 0.3) is 0 Å². The van der Waals surface area contributed by atoms with Crippen molar-refractivity contribution < 1.29 is 0 Å². The molecule has 0 saturated carbocycles. The van der Waals surface area contributed by atoms with Gasteiger partial charge < -0.3 is 10.2 Å². The van der Waals surface area contributed by atoms with Gasteiger partial charge >= 0.3 is 0 Å². The molecule has 0 amide bonds. The zero-order valence-corrected chi connectivity index (χ0v) is 12.3. The monoisotopic (exact) mass is 270 g/mol. The minimum atomic E-state index is 0.505. The number of anilines is 1. The first-order valence-electron chi connectivity index (χ1n) is 6.69. The molecular formula is C13H23ClN4. The van der Waals surface area contributed by atoms with E-state index in [0.29, 0.717) is 5.15 Å². The lowest BCUT2D eigenvalue weighted by atomic mass is 10.4. The number of hydrogen-bond donors (Lipinski definition) is 1. The van der Waals surface area contributed by atoms with Crippen LogP contribution in [0, 0.1) is 0 Å². The number of halogens is 1. The Morgan fingerprint density at radius 3 is 2.61 bits per heavy atom. The highest BCUT2D eigenvalue weighted by atomic mass is 35.5. The number of likely N-dealkylation sites (N-methyl/N-ethyl adjacent to an activating group) is 1. The molecule has 0 spiro atoms. The highest BCUT2D eigenvalue weighted by Crippen LogP contribution is 2.11. The Hall–Kier alpha value is -0.870. The molecule has 1 aromatic heterocycles. The second-order valence-electron chi connectivity index (χ2n) is 4.21. The van der Waals surface area contributed by atoms with Crippen LogP contribution in [0.25, 0.3) is 0 Å². The number of hydrogen-bond acceptors (Lipinski definition) is 4. The minimum absolute atomic E-state index is 0.505. The summed E-state index contributed by atoms with van der Waals surface area (Å²) in [5, 5.41) is 3.81. The van der Waals surface area contributed by atoms with Crippen molar-refractivity contribution in [2.75, 3.05) is 31.5 Å². The largest absolute Gasteiger partial charge is 0.369 e. The molecule has 0 bridgehead atoms. The van der Waals surface area contributed by atoms with Gasteiger partial charge in [0.2, 0.25) is 0 Å². The Bertz CT molecular complexity index is 357. The molecule has 18 heavy (non-hydrogen) atoms. The summed E-state index contributed by atoms with van der Waals surface area (Å²) in [5.74, 6) is 1.60. The molecule has 0 aliphatic carbocycles. The molecule has 0 aliphatic heterocycles. The zero-order chi connectivity index (χ0) is 13.4. The van der Waals surface area contributed by atoms with Crippen molar-refractivity contribution in [3.05, 3.63) is 17.0 Å². The SMILES string of the molecule is CCCN(CC)CCNc1cc(Cl)nc(CC)n1. The zero-order valence-electron chi connectivity index (χ0n) is 11.5. The van der Waals surface area contributed by atoms with Crippen molar-refractivity contribution in [2.24, 2.45) is 0 Å². The maximum atomic E-state index is 5.95. The molecule has 0 aliphatic rings. The molecule has 5 heteroatoms.